The van der Waals surface area contributed by atoms with Crippen LogP contribution < -0.4 is 0 Å². The molecule has 17 heavy (non-hydrogen) atoms. The molecular formula is C17H31. The second kappa shape index (κ2) is 15.5. The molecular weight excluding hydrogens is 204 g/mol. The van der Waals surface area contributed by atoms with Crippen LogP contribution in [0.5, 0.6) is 0 Å². The smallest absolute Gasteiger partial charge is 0.0351 e. The maximum atomic E-state index is 3.79. The molecule has 0 amide bonds. The molecule has 0 aliphatic carbocycles. The Hall–Kier alpha value is -0.520. The van der Waals surface area contributed by atoms with Gasteiger partial charge in [0.15, 0.2) is 0 Å². The average molecular weight is 235 g/mol. The first-order chi connectivity index (χ1) is 8.41. The Bertz CT molecular complexity index is 176. The summed E-state index contributed by atoms with van der Waals surface area (Å²) in [7, 11) is 0. The van der Waals surface area contributed by atoms with Gasteiger partial charge < -0.3 is 0 Å². The molecule has 0 aromatic rings. The van der Waals surface area contributed by atoms with Crippen LogP contribution >= 0.6 is 0 Å². The summed E-state index contributed by atoms with van der Waals surface area (Å²) in [6.45, 7) is 6.02. The fourth-order valence-corrected chi connectivity index (χ4v) is 1.87. The highest BCUT2D eigenvalue weighted by Gasteiger charge is 1.89. The Balaban J connectivity index is 3.01. The topological polar surface area (TPSA) is 0 Å². The van der Waals surface area contributed by atoms with Crippen LogP contribution in [0.2, 0.25) is 0 Å². The summed E-state index contributed by atoms with van der Waals surface area (Å²) in [6.07, 6.45) is 23.5. The summed E-state index contributed by atoms with van der Waals surface area (Å²) in [5, 5.41) is 0. The van der Waals surface area contributed by atoms with Crippen LogP contribution in [0.25, 0.3) is 0 Å². The van der Waals surface area contributed by atoms with E-state index in [4.69, 9.17) is 0 Å². The molecule has 0 aliphatic rings. The third-order valence-electron chi connectivity index (χ3n) is 2.95. The van der Waals surface area contributed by atoms with Crippen LogP contribution in [0.4, 0.5) is 0 Å². The molecule has 0 spiro atoms. The van der Waals surface area contributed by atoms with Crippen molar-refractivity contribution in [3.63, 3.8) is 0 Å². The Kier molecular flexibility index (Phi) is 15.0. The lowest BCUT2D eigenvalue weighted by Crippen LogP contribution is -1.79. The van der Waals surface area contributed by atoms with E-state index in [9.17, 15) is 0 Å². The normalized spacial score (nSPS) is 11.9. The molecule has 0 aliphatic heterocycles. The minimum absolute atomic E-state index is 0.936. The van der Waals surface area contributed by atoms with Crippen molar-refractivity contribution < 1.29 is 0 Å². The van der Waals surface area contributed by atoms with Gasteiger partial charge in [-0.2, -0.15) is 0 Å². The molecule has 1 radical (unpaired) electrons. The highest BCUT2D eigenvalue weighted by atomic mass is 14.0. The molecule has 0 saturated carbocycles. The molecule has 0 heterocycles. The lowest BCUT2D eigenvalue weighted by Gasteiger charge is -1.99. The van der Waals surface area contributed by atoms with Crippen molar-refractivity contribution in [2.45, 2.75) is 77.6 Å². The van der Waals surface area contributed by atoms with Crippen LogP contribution in [0.15, 0.2) is 24.3 Å². The van der Waals surface area contributed by atoms with Crippen LogP contribution in [0, 0.1) is 6.92 Å². The molecule has 0 nitrogen and oxygen atoms in total. The summed E-state index contributed by atoms with van der Waals surface area (Å²) in [4.78, 5) is 0. The van der Waals surface area contributed by atoms with Crippen LogP contribution in [-0.4, -0.2) is 0 Å². The molecule has 0 heteroatoms. The van der Waals surface area contributed by atoms with E-state index in [2.05, 4.69) is 38.2 Å². The number of allylic oxidation sites excluding steroid dienone is 4. The van der Waals surface area contributed by atoms with Gasteiger partial charge in [0.1, 0.15) is 0 Å². The number of rotatable bonds is 12. The molecule has 0 N–H and O–H groups in total. The van der Waals surface area contributed by atoms with Gasteiger partial charge >= 0.3 is 0 Å². The van der Waals surface area contributed by atoms with Gasteiger partial charge in [0.2, 0.25) is 0 Å². The molecule has 99 valence electrons. The first-order valence-electron chi connectivity index (χ1n) is 7.51. The van der Waals surface area contributed by atoms with E-state index in [0.717, 1.165) is 6.42 Å². The largest absolute Gasteiger partial charge is 0.0885 e. The molecule has 0 rings (SSSR count). The van der Waals surface area contributed by atoms with E-state index in [-0.39, 0.29) is 0 Å². The van der Waals surface area contributed by atoms with E-state index in [1.165, 1.54) is 64.2 Å². The predicted molar refractivity (Wildman–Crippen MR) is 80.1 cm³/mol. The van der Waals surface area contributed by atoms with Crippen LogP contribution in [-0.2, 0) is 0 Å². The minimum Gasteiger partial charge on any atom is -0.0885 e. The number of hydrogen-bond donors (Lipinski definition) is 0. The second-order valence-corrected chi connectivity index (χ2v) is 4.72. The highest BCUT2D eigenvalue weighted by molar-refractivity contribution is 4.82. The SMILES string of the molecule is [CH2]C/C=C/CCCCCCCC/C=C/CCC. The van der Waals surface area contributed by atoms with Gasteiger partial charge in [-0.15, -0.1) is 0 Å². The third-order valence-corrected chi connectivity index (χ3v) is 2.95. The summed E-state index contributed by atoms with van der Waals surface area (Å²) in [5.41, 5.74) is 0. The van der Waals surface area contributed by atoms with Crippen molar-refractivity contribution >= 4 is 0 Å². The van der Waals surface area contributed by atoms with Crippen molar-refractivity contribution in [3.05, 3.63) is 31.2 Å². The fourth-order valence-electron chi connectivity index (χ4n) is 1.87. The predicted octanol–water partition coefficient (Wildman–Crippen LogP) is 6.24. The van der Waals surface area contributed by atoms with E-state index in [1.807, 2.05) is 0 Å². The molecule has 0 atom stereocenters. The van der Waals surface area contributed by atoms with Crippen molar-refractivity contribution in [1.82, 2.24) is 0 Å². The van der Waals surface area contributed by atoms with Crippen LogP contribution in [0.3, 0.4) is 0 Å². The minimum atomic E-state index is 0.936. The van der Waals surface area contributed by atoms with Gasteiger partial charge in [0, 0.05) is 0 Å². The zero-order valence-electron chi connectivity index (χ0n) is 11.8. The highest BCUT2D eigenvalue weighted by Crippen LogP contribution is 2.09. The third kappa shape index (κ3) is 15.5. The van der Waals surface area contributed by atoms with Crippen molar-refractivity contribution in [2.75, 3.05) is 0 Å². The quantitative estimate of drug-likeness (QED) is 0.277. The summed E-state index contributed by atoms with van der Waals surface area (Å²) < 4.78 is 0. The summed E-state index contributed by atoms with van der Waals surface area (Å²) >= 11 is 0. The first kappa shape index (κ1) is 16.5. The Labute approximate surface area is 109 Å². The lowest BCUT2D eigenvalue weighted by molar-refractivity contribution is 0.599. The van der Waals surface area contributed by atoms with Crippen molar-refractivity contribution in [1.29, 1.82) is 0 Å². The van der Waals surface area contributed by atoms with Gasteiger partial charge in [0.25, 0.3) is 0 Å². The van der Waals surface area contributed by atoms with Crippen molar-refractivity contribution in [2.24, 2.45) is 0 Å². The zero-order chi connectivity index (χ0) is 12.6. The van der Waals surface area contributed by atoms with Gasteiger partial charge in [-0.1, -0.05) is 63.3 Å². The first-order valence-corrected chi connectivity index (χ1v) is 7.51. The van der Waals surface area contributed by atoms with E-state index in [0.29, 0.717) is 0 Å². The Morgan fingerprint density at radius 2 is 1.12 bits per heavy atom. The van der Waals surface area contributed by atoms with Gasteiger partial charge in [0.05, 0.1) is 0 Å². The molecule has 0 aromatic heterocycles. The van der Waals surface area contributed by atoms with E-state index >= 15 is 0 Å². The summed E-state index contributed by atoms with van der Waals surface area (Å²) in [6, 6.07) is 0. The lowest BCUT2D eigenvalue weighted by atomic mass is 10.1. The van der Waals surface area contributed by atoms with Gasteiger partial charge in [-0.3, -0.25) is 0 Å². The number of unbranched alkanes of at least 4 members (excludes halogenated alkanes) is 8. The summed E-state index contributed by atoms with van der Waals surface area (Å²) in [5.74, 6) is 0. The van der Waals surface area contributed by atoms with Crippen molar-refractivity contribution in [3.8, 4) is 0 Å². The Morgan fingerprint density at radius 1 is 0.647 bits per heavy atom. The standard InChI is InChI=1S/C17H31/c1-3-5-7-9-11-13-15-17-16-14-12-10-8-6-4-2/h5,7-8,10H,1,3-4,6,9,11-17H2,2H3/b7-5+,10-8+. The van der Waals surface area contributed by atoms with Crippen LogP contribution in [0.1, 0.15) is 77.6 Å². The van der Waals surface area contributed by atoms with E-state index in [1.54, 1.807) is 0 Å². The van der Waals surface area contributed by atoms with Gasteiger partial charge in [-0.25, -0.2) is 0 Å². The second-order valence-electron chi connectivity index (χ2n) is 4.72. The molecule has 0 unspecified atom stereocenters. The molecule has 0 bridgehead atoms. The molecule has 0 aromatic carbocycles. The van der Waals surface area contributed by atoms with Gasteiger partial charge in [-0.05, 0) is 45.4 Å². The average Bonchev–Trinajstić information content (AvgIpc) is 2.35. The zero-order valence-corrected chi connectivity index (χ0v) is 11.8. The fraction of sp³-hybridized carbons (Fsp3) is 0.706. The maximum absolute atomic E-state index is 3.79. The molecule has 0 saturated heterocycles. The number of hydrogen-bond acceptors (Lipinski definition) is 0. The monoisotopic (exact) mass is 235 g/mol. The van der Waals surface area contributed by atoms with E-state index < -0.39 is 0 Å². The molecule has 0 fully saturated rings. The Morgan fingerprint density at radius 3 is 1.65 bits per heavy atom. The maximum Gasteiger partial charge on any atom is -0.0351 e.